The highest BCUT2D eigenvalue weighted by Gasteiger charge is 2.26. The molecule has 6 heteroatoms. The first-order chi connectivity index (χ1) is 11.5. The van der Waals surface area contributed by atoms with Crippen LogP contribution in [0.1, 0.15) is 17.2 Å². The van der Waals surface area contributed by atoms with E-state index in [2.05, 4.69) is 27.9 Å². The van der Waals surface area contributed by atoms with Crippen LogP contribution in [0.25, 0.3) is 0 Å². The minimum absolute atomic E-state index is 0.211. The van der Waals surface area contributed by atoms with Crippen LogP contribution < -0.4 is 5.32 Å². The second-order valence-corrected chi connectivity index (χ2v) is 6.51. The van der Waals surface area contributed by atoms with Crippen LogP contribution in [-0.2, 0) is 20.7 Å². The number of hydrogen-bond acceptors (Lipinski definition) is 3. The molecule has 1 amide bonds. The Kier molecular flexibility index (Phi) is 6.74. The summed E-state index contributed by atoms with van der Waals surface area (Å²) in [5, 5.41) is 12.0. The van der Waals surface area contributed by atoms with Gasteiger partial charge in [-0.25, -0.2) is 4.79 Å². The number of aliphatic carboxylic acids is 1. The maximum atomic E-state index is 12.4. The summed E-state index contributed by atoms with van der Waals surface area (Å²) < 4.78 is 6.26. The number of carbonyl (C=O) groups excluding carboxylic acids is 1. The van der Waals surface area contributed by atoms with Crippen LogP contribution >= 0.6 is 22.6 Å². The molecule has 0 aromatic heterocycles. The van der Waals surface area contributed by atoms with Crippen molar-refractivity contribution in [2.75, 3.05) is 7.11 Å². The highest BCUT2D eigenvalue weighted by molar-refractivity contribution is 14.1. The number of carbonyl (C=O) groups is 2. The third-order valence-corrected chi connectivity index (χ3v) is 4.19. The summed E-state index contributed by atoms with van der Waals surface area (Å²) in [4.78, 5) is 24.0. The molecule has 0 heterocycles. The van der Waals surface area contributed by atoms with Crippen LogP contribution in [0.3, 0.4) is 0 Å². The Morgan fingerprint density at radius 2 is 1.88 bits per heavy atom. The zero-order valence-corrected chi connectivity index (χ0v) is 15.3. The van der Waals surface area contributed by atoms with Crippen LogP contribution in [0.4, 0.5) is 0 Å². The number of halogens is 1. The molecule has 0 aliphatic carbocycles. The van der Waals surface area contributed by atoms with Gasteiger partial charge in [-0.1, -0.05) is 42.5 Å². The van der Waals surface area contributed by atoms with Gasteiger partial charge in [0, 0.05) is 17.1 Å². The molecule has 0 saturated heterocycles. The van der Waals surface area contributed by atoms with Crippen molar-refractivity contribution in [1.29, 1.82) is 0 Å². The third-order valence-electron chi connectivity index (χ3n) is 3.52. The molecular formula is C18H18INO4. The van der Waals surface area contributed by atoms with Crippen LogP contribution in [0, 0.1) is 3.57 Å². The number of carboxylic acid groups (broad SMARTS) is 1. The smallest absolute Gasteiger partial charge is 0.326 e. The Balaban J connectivity index is 2.11. The minimum Gasteiger partial charge on any atom is -0.480 e. The number of carboxylic acids is 1. The Bertz CT molecular complexity index is 705. The molecule has 0 aliphatic heterocycles. The predicted molar refractivity (Wildman–Crippen MR) is 98.6 cm³/mol. The molecule has 0 spiro atoms. The van der Waals surface area contributed by atoms with Crippen molar-refractivity contribution in [3.05, 3.63) is 69.3 Å². The van der Waals surface area contributed by atoms with Gasteiger partial charge in [-0.15, -0.1) is 0 Å². The zero-order chi connectivity index (χ0) is 17.5. The molecule has 0 unspecified atom stereocenters. The lowest BCUT2D eigenvalue weighted by Crippen LogP contribution is -2.44. The van der Waals surface area contributed by atoms with E-state index in [-0.39, 0.29) is 6.42 Å². The fraction of sp³-hybridized carbons (Fsp3) is 0.222. The molecule has 2 rings (SSSR count). The standard InChI is InChI=1S/C18H18INO4/c1-24-16(13-7-3-2-4-8-13)17(21)20-15(18(22)23)11-12-6-5-9-14(19)10-12/h2-10,15-16H,11H2,1H3,(H,20,21)(H,22,23)/t15-,16+/m0/s1. The zero-order valence-electron chi connectivity index (χ0n) is 13.1. The first-order valence-corrected chi connectivity index (χ1v) is 8.44. The molecule has 5 nitrogen and oxygen atoms in total. The number of hydrogen-bond donors (Lipinski definition) is 2. The minimum atomic E-state index is -1.08. The summed E-state index contributed by atoms with van der Waals surface area (Å²) in [6, 6.07) is 15.5. The number of rotatable bonds is 7. The Morgan fingerprint density at radius 1 is 1.17 bits per heavy atom. The molecule has 24 heavy (non-hydrogen) atoms. The van der Waals surface area contributed by atoms with Gasteiger partial charge < -0.3 is 15.2 Å². The lowest BCUT2D eigenvalue weighted by molar-refractivity contribution is -0.144. The molecule has 0 aliphatic rings. The Labute approximate surface area is 154 Å². The van der Waals surface area contributed by atoms with Gasteiger partial charge in [0.05, 0.1) is 0 Å². The monoisotopic (exact) mass is 439 g/mol. The van der Waals surface area contributed by atoms with Crippen LogP contribution in [-0.4, -0.2) is 30.1 Å². The van der Waals surface area contributed by atoms with E-state index in [1.165, 1.54) is 7.11 Å². The summed E-state index contributed by atoms with van der Waals surface area (Å²) in [5.74, 6) is -1.55. The summed E-state index contributed by atoms with van der Waals surface area (Å²) in [6.07, 6.45) is -0.632. The summed E-state index contributed by atoms with van der Waals surface area (Å²) in [7, 11) is 1.42. The number of amides is 1. The molecule has 2 aromatic carbocycles. The summed E-state index contributed by atoms with van der Waals surface area (Å²) >= 11 is 2.16. The number of ether oxygens (including phenoxy) is 1. The van der Waals surface area contributed by atoms with Gasteiger partial charge >= 0.3 is 5.97 Å². The van der Waals surface area contributed by atoms with Crippen molar-refractivity contribution in [2.45, 2.75) is 18.6 Å². The normalized spacial score (nSPS) is 13.1. The first-order valence-electron chi connectivity index (χ1n) is 7.36. The average Bonchev–Trinajstić information content (AvgIpc) is 2.56. The summed E-state index contributed by atoms with van der Waals surface area (Å²) in [5.41, 5.74) is 1.53. The van der Waals surface area contributed by atoms with Crippen LogP contribution in [0.5, 0.6) is 0 Å². The van der Waals surface area contributed by atoms with Crippen LogP contribution in [0.15, 0.2) is 54.6 Å². The Hall–Kier alpha value is -1.93. The van der Waals surface area contributed by atoms with E-state index in [1.807, 2.05) is 30.3 Å². The highest BCUT2D eigenvalue weighted by Crippen LogP contribution is 2.17. The lowest BCUT2D eigenvalue weighted by Gasteiger charge is -2.20. The average molecular weight is 439 g/mol. The molecule has 0 radical (unpaired) electrons. The van der Waals surface area contributed by atoms with E-state index in [9.17, 15) is 14.7 Å². The van der Waals surface area contributed by atoms with Crippen molar-refractivity contribution >= 4 is 34.5 Å². The molecule has 126 valence electrons. The van der Waals surface area contributed by atoms with Gasteiger partial charge in [-0.3, -0.25) is 4.79 Å². The van der Waals surface area contributed by atoms with E-state index in [1.54, 1.807) is 24.3 Å². The molecule has 0 saturated carbocycles. The second-order valence-electron chi connectivity index (χ2n) is 5.26. The van der Waals surface area contributed by atoms with E-state index in [0.29, 0.717) is 5.56 Å². The van der Waals surface area contributed by atoms with Crippen molar-refractivity contribution in [3.63, 3.8) is 0 Å². The van der Waals surface area contributed by atoms with E-state index < -0.39 is 24.0 Å². The van der Waals surface area contributed by atoms with Gasteiger partial charge in [0.25, 0.3) is 5.91 Å². The van der Waals surface area contributed by atoms with Crippen molar-refractivity contribution in [1.82, 2.24) is 5.32 Å². The van der Waals surface area contributed by atoms with Gasteiger partial charge in [-0.2, -0.15) is 0 Å². The molecule has 2 aromatic rings. The predicted octanol–water partition coefficient (Wildman–Crippen LogP) is 2.79. The fourth-order valence-corrected chi connectivity index (χ4v) is 2.98. The SMILES string of the molecule is CO[C@@H](C(=O)N[C@@H](Cc1cccc(I)c1)C(=O)O)c1ccccc1. The summed E-state index contributed by atoms with van der Waals surface area (Å²) in [6.45, 7) is 0. The van der Waals surface area contributed by atoms with Crippen molar-refractivity contribution in [2.24, 2.45) is 0 Å². The molecule has 0 bridgehead atoms. The van der Waals surface area contributed by atoms with E-state index in [4.69, 9.17) is 4.74 Å². The number of benzene rings is 2. The highest BCUT2D eigenvalue weighted by atomic mass is 127. The molecule has 0 fully saturated rings. The van der Waals surface area contributed by atoms with Crippen LogP contribution in [0.2, 0.25) is 0 Å². The van der Waals surface area contributed by atoms with Gasteiger partial charge in [0.15, 0.2) is 6.10 Å². The Morgan fingerprint density at radius 3 is 2.46 bits per heavy atom. The van der Waals surface area contributed by atoms with E-state index in [0.717, 1.165) is 9.13 Å². The number of methoxy groups -OCH3 is 1. The van der Waals surface area contributed by atoms with E-state index >= 15 is 0 Å². The molecule has 2 atom stereocenters. The van der Waals surface area contributed by atoms with Gasteiger partial charge in [-0.05, 0) is 45.9 Å². The largest absolute Gasteiger partial charge is 0.480 e. The van der Waals surface area contributed by atoms with Crippen molar-refractivity contribution in [3.8, 4) is 0 Å². The fourth-order valence-electron chi connectivity index (χ4n) is 2.37. The second kappa shape index (κ2) is 8.79. The molecule has 2 N–H and O–H groups in total. The van der Waals surface area contributed by atoms with Crippen molar-refractivity contribution < 1.29 is 19.4 Å². The molecular weight excluding hydrogens is 421 g/mol. The third kappa shape index (κ3) is 5.04. The maximum absolute atomic E-state index is 12.4. The quantitative estimate of drug-likeness (QED) is 0.651. The number of nitrogens with one attached hydrogen (secondary N) is 1. The topological polar surface area (TPSA) is 75.6 Å². The van der Waals surface area contributed by atoms with Gasteiger partial charge in [0.2, 0.25) is 0 Å². The lowest BCUT2D eigenvalue weighted by atomic mass is 10.0. The maximum Gasteiger partial charge on any atom is 0.326 e. The van der Waals surface area contributed by atoms with Gasteiger partial charge in [0.1, 0.15) is 6.04 Å². The first kappa shape index (κ1) is 18.4.